The molecule has 0 bridgehead atoms. The summed E-state index contributed by atoms with van der Waals surface area (Å²) in [5.74, 6) is 0.498. The zero-order chi connectivity index (χ0) is 13.0. The van der Waals surface area contributed by atoms with E-state index in [9.17, 15) is 4.39 Å². The van der Waals surface area contributed by atoms with Gasteiger partial charge in [0, 0.05) is 11.7 Å². The summed E-state index contributed by atoms with van der Waals surface area (Å²) < 4.78 is 18.9. The van der Waals surface area contributed by atoms with Crippen molar-refractivity contribution >= 4 is 5.69 Å². The molecule has 0 saturated carbocycles. The van der Waals surface area contributed by atoms with Gasteiger partial charge in [-0.3, -0.25) is 0 Å². The minimum Gasteiger partial charge on any atom is -0.454 e. The third kappa shape index (κ3) is 3.23. The number of nitrogens with one attached hydrogen (secondary N) is 1. The van der Waals surface area contributed by atoms with E-state index in [2.05, 4.69) is 19.2 Å². The number of para-hydroxylation sites is 1. The zero-order valence-electron chi connectivity index (χ0n) is 10.5. The maximum absolute atomic E-state index is 13.4. The standard InChI is InChI=1S/C15H16FNO/c1-11(2)17-12-7-9-13(10-8-12)18-15-6-4-3-5-14(15)16/h3-11,17H,1-2H3. The van der Waals surface area contributed by atoms with E-state index in [0.29, 0.717) is 11.8 Å². The third-order valence-electron chi connectivity index (χ3n) is 2.37. The van der Waals surface area contributed by atoms with Crippen molar-refractivity contribution in [1.82, 2.24) is 0 Å². The Labute approximate surface area is 106 Å². The van der Waals surface area contributed by atoms with Gasteiger partial charge in [0.25, 0.3) is 0 Å². The van der Waals surface area contributed by atoms with Gasteiger partial charge in [-0.05, 0) is 50.2 Å². The molecule has 3 heteroatoms. The highest BCUT2D eigenvalue weighted by atomic mass is 19.1. The summed E-state index contributed by atoms with van der Waals surface area (Å²) in [6, 6.07) is 14.2. The molecule has 0 unspecified atom stereocenters. The van der Waals surface area contributed by atoms with Gasteiger partial charge in [0.15, 0.2) is 11.6 Å². The van der Waals surface area contributed by atoms with Crippen LogP contribution < -0.4 is 10.1 Å². The van der Waals surface area contributed by atoms with Gasteiger partial charge in [0.2, 0.25) is 0 Å². The van der Waals surface area contributed by atoms with Gasteiger partial charge in [-0.2, -0.15) is 0 Å². The second kappa shape index (κ2) is 5.54. The Bertz CT molecular complexity index is 508. The van der Waals surface area contributed by atoms with Gasteiger partial charge >= 0.3 is 0 Å². The van der Waals surface area contributed by atoms with Gasteiger partial charge in [-0.25, -0.2) is 4.39 Å². The van der Waals surface area contributed by atoms with Crippen LogP contribution in [0.15, 0.2) is 48.5 Å². The molecule has 0 amide bonds. The summed E-state index contributed by atoms with van der Waals surface area (Å²) in [4.78, 5) is 0. The normalized spacial score (nSPS) is 10.4. The Morgan fingerprint density at radius 1 is 1.00 bits per heavy atom. The summed E-state index contributed by atoms with van der Waals surface area (Å²) >= 11 is 0. The van der Waals surface area contributed by atoms with Gasteiger partial charge in [0.05, 0.1) is 0 Å². The van der Waals surface area contributed by atoms with Crippen LogP contribution in [0.5, 0.6) is 11.5 Å². The van der Waals surface area contributed by atoms with Gasteiger partial charge in [-0.1, -0.05) is 12.1 Å². The highest BCUT2D eigenvalue weighted by molar-refractivity contribution is 5.47. The minimum atomic E-state index is -0.359. The molecule has 18 heavy (non-hydrogen) atoms. The van der Waals surface area contributed by atoms with Crippen molar-refractivity contribution in [2.24, 2.45) is 0 Å². The van der Waals surface area contributed by atoms with E-state index in [4.69, 9.17) is 4.74 Å². The lowest BCUT2D eigenvalue weighted by molar-refractivity contribution is 0.442. The highest BCUT2D eigenvalue weighted by Crippen LogP contribution is 2.25. The average Bonchev–Trinajstić information content (AvgIpc) is 2.34. The second-order valence-electron chi connectivity index (χ2n) is 4.36. The molecule has 0 radical (unpaired) electrons. The molecule has 0 aliphatic carbocycles. The van der Waals surface area contributed by atoms with Gasteiger partial charge in [0.1, 0.15) is 5.75 Å². The molecule has 2 nitrogen and oxygen atoms in total. The van der Waals surface area contributed by atoms with Crippen molar-refractivity contribution in [3.05, 3.63) is 54.3 Å². The second-order valence-corrected chi connectivity index (χ2v) is 4.36. The lowest BCUT2D eigenvalue weighted by atomic mass is 10.2. The summed E-state index contributed by atoms with van der Waals surface area (Å²) in [6.07, 6.45) is 0. The van der Waals surface area contributed by atoms with Crippen molar-refractivity contribution in [2.45, 2.75) is 19.9 Å². The monoisotopic (exact) mass is 245 g/mol. The number of hydrogen-bond donors (Lipinski definition) is 1. The Hall–Kier alpha value is -2.03. The van der Waals surface area contributed by atoms with E-state index < -0.39 is 0 Å². The molecule has 1 N–H and O–H groups in total. The van der Waals surface area contributed by atoms with Crippen LogP contribution in [-0.4, -0.2) is 6.04 Å². The van der Waals surface area contributed by atoms with E-state index in [-0.39, 0.29) is 11.6 Å². The predicted molar refractivity (Wildman–Crippen MR) is 71.7 cm³/mol. The molecule has 0 heterocycles. The van der Waals surface area contributed by atoms with Crippen LogP contribution in [0.25, 0.3) is 0 Å². The molecule has 0 saturated heterocycles. The first-order chi connectivity index (χ1) is 8.65. The fourth-order valence-corrected chi connectivity index (χ4v) is 1.61. The smallest absolute Gasteiger partial charge is 0.165 e. The molecular weight excluding hydrogens is 229 g/mol. The lowest BCUT2D eigenvalue weighted by Crippen LogP contribution is -2.09. The Kier molecular flexibility index (Phi) is 3.82. The first-order valence-corrected chi connectivity index (χ1v) is 5.94. The lowest BCUT2D eigenvalue weighted by Gasteiger charge is -2.11. The summed E-state index contributed by atoms with van der Waals surface area (Å²) in [6.45, 7) is 4.15. The molecule has 0 spiro atoms. The van der Waals surface area contributed by atoms with Crippen molar-refractivity contribution in [3.63, 3.8) is 0 Å². The Morgan fingerprint density at radius 2 is 1.67 bits per heavy atom. The average molecular weight is 245 g/mol. The molecule has 94 valence electrons. The predicted octanol–water partition coefficient (Wildman–Crippen LogP) is 4.44. The summed E-state index contributed by atoms with van der Waals surface area (Å²) in [7, 11) is 0. The zero-order valence-corrected chi connectivity index (χ0v) is 10.5. The van der Waals surface area contributed by atoms with E-state index in [1.54, 1.807) is 18.2 Å². The summed E-state index contributed by atoms with van der Waals surface area (Å²) in [5, 5.41) is 3.28. The van der Waals surface area contributed by atoms with E-state index >= 15 is 0 Å². The Morgan fingerprint density at radius 3 is 2.28 bits per heavy atom. The van der Waals surface area contributed by atoms with Crippen molar-refractivity contribution in [3.8, 4) is 11.5 Å². The fourth-order valence-electron chi connectivity index (χ4n) is 1.61. The Balaban J connectivity index is 2.09. The molecule has 0 fully saturated rings. The molecule has 2 rings (SSSR count). The highest BCUT2D eigenvalue weighted by Gasteiger charge is 2.03. The van der Waals surface area contributed by atoms with Crippen molar-refractivity contribution in [1.29, 1.82) is 0 Å². The number of anilines is 1. The van der Waals surface area contributed by atoms with Crippen molar-refractivity contribution in [2.75, 3.05) is 5.32 Å². The number of hydrogen-bond acceptors (Lipinski definition) is 2. The molecule has 0 aliphatic heterocycles. The number of ether oxygens (including phenoxy) is 1. The van der Waals surface area contributed by atoms with E-state index in [1.807, 2.05) is 24.3 Å². The minimum absolute atomic E-state index is 0.238. The van der Waals surface area contributed by atoms with E-state index in [1.165, 1.54) is 6.07 Å². The maximum Gasteiger partial charge on any atom is 0.165 e. The van der Waals surface area contributed by atoms with Crippen LogP contribution in [-0.2, 0) is 0 Å². The largest absolute Gasteiger partial charge is 0.454 e. The summed E-state index contributed by atoms with van der Waals surface area (Å²) in [5.41, 5.74) is 1.02. The van der Waals surface area contributed by atoms with Crippen LogP contribution in [0.2, 0.25) is 0 Å². The van der Waals surface area contributed by atoms with Gasteiger partial charge < -0.3 is 10.1 Å². The molecule has 2 aromatic rings. The van der Waals surface area contributed by atoms with Crippen LogP contribution in [0, 0.1) is 5.82 Å². The molecular formula is C15H16FNO. The molecule has 2 aromatic carbocycles. The number of rotatable bonds is 4. The van der Waals surface area contributed by atoms with Crippen molar-refractivity contribution < 1.29 is 9.13 Å². The molecule has 0 aromatic heterocycles. The first-order valence-electron chi connectivity index (χ1n) is 5.94. The maximum atomic E-state index is 13.4. The number of benzene rings is 2. The first kappa shape index (κ1) is 12.4. The fraction of sp³-hybridized carbons (Fsp3) is 0.200. The van der Waals surface area contributed by atoms with Crippen LogP contribution in [0.4, 0.5) is 10.1 Å². The van der Waals surface area contributed by atoms with Crippen LogP contribution in [0.1, 0.15) is 13.8 Å². The SMILES string of the molecule is CC(C)Nc1ccc(Oc2ccccc2F)cc1. The quantitative estimate of drug-likeness (QED) is 0.859. The van der Waals surface area contributed by atoms with Crippen LogP contribution in [0.3, 0.4) is 0 Å². The van der Waals surface area contributed by atoms with Gasteiger partial charge in [-0.15, -0.1) is 0 Å². The van der Waals surface area contributed by atoms with E-state index in [0.717, 1.165) is 5.69 Å². The topological polar surface area (TPSA) is 21.3 Å². The molecule has 0 atom stereocenters. The third-order valence-corrected chi connectivity index (χ3v) is 2.37. The number of halogens is 1. The molecule has 0 aliphatic rings. The van der Waals surface area contributed by atoms with Crippen LogP contribution >= 0.6 is 0 Å².